The van der Waals surface area contributed by atoms with E-state index in [1.54, 1.807) is 23.2 Å². The fourth-order valence-electron chi connectivity index (χ4n) is 4.82. The largest absolute Gasteiger partial charge is 0.345 e. The molecule has 0 spiro atoms. The van der Waals surface area contributed by atoms with Crippen molar-refractivity contribution in [3.8, 4) is 0 Å². The van der Waals surface area contributed by atoms with Gasteiger partial charge in [0.2, 0.25) is 11.9 Å². The molecule has 2 saturated heterocycles. The van der Waals surface area contributed by atoms with Crippen LogP contribution < -0.4 is 4.90 Å². The number of guanidine groups is 1. The van der Waals surface area contributed by atoms with Crippen LogP contribution in [0.4, 0.5) is 10.2 Å². The van der Waals surface area contributed by atoms with Gasteiger partial charge in [-0.25, -0.2) is 14.4 Å². The number of aliphatic imine (C=N–C) groups is 2. The van der Waals surface area contributed by atoms with Crippen molar-refractivity contribution in [3.63, 3.8) is 0 Å². The van der Waals surface area contributed by atoms with Crippen molar-refractivity contribution >= 4 is 35.0 Å². The highest BCUT2D eigenvalue weighted by Gasteiger charge is 2.31. The molecular formula is C26H28ClFN6O. The molecule has 1 aromatic carbocycles. The molecule has 1 aromatic heterocycles. The lowest BCUT2D eigenvalue weighted by atomic mass is 10.1. The van der Waals surface area contributed by atoms with Crippen molar-refractivity contribution < 1.29 is 9.18 Å². The van der Waals surface area contributed by atoms with E-state index in [2.05, 4.69) is 16.8 Å². The number of amides is 1. The van der Waals surface area contributed by atoms with E-state index in [1.165, 1.54) is 6.07 Å². The van der Waals surface area contributed by atoms with Crippen LogP contribution in [0.2, 0.25) is 5.02 Å². The van der Waals surface area contributed by atoms with Gasteiger partial charge in [0.05, 0.1) is 17.3 Å². The first-order valence-corrected chi connectivity index (χ1v) is 12.3. The summed E-state index contributed by atoms with van der Waals surface area (Å²) in [5.74, 6) is 1.54. The van der Waals surface area contributed by atoms with Crippen molar-refractivity contribution in [2.24, 2.45) is 9.98 Å². The molecule has 9 heteroatoms. The van der Waals surface area contributed by atoms with Gasteiger partial charge in [-0.2, -0.15) is 4.99 Å². The molecule has 5 rings (SSSR count). The van der Waals surface area contributed by atoms with Gasteiger partial charge in [0.25, 0.3) is 0 Å². The van der Waals surface area contributed by atoms with E-state index < -0.39 is 5.82 Å². The number of carbonyl (C=O) groups excluding carboxylic acids is 1. The fourth-order valence-corrected chi connectivity index (χ4v) is 5.00. The van der Waals surface area contributed by atoms with E-state index >= 15 is 0 Å². The van der Waals surface area contributed by atoms with Gasteiger partial charge < -0.3 is 9.80 Å². The molecule has 2 aromatic rings. The number of pyridine rings is 1. The number of hydrogen-bond donors (Lipinski definition) is 0. The summed E-state index contributed by atoms with van der Waals surface area (Å²) in [5.41, 5.74) is 2.53. The highest BCUT2D eigenvalue weighted by atomic mass is 35.5. The molecule has 4 heterocycles. The number of anilines is 1. The Morgan fingerprint density at radius 1 is 1.14 bits per heavy atom. The zero-order valence-corrected chi connectivity index (χ0v) is 20.7. The Kier molecular flexibility index (Phi) is 6.56. The molecule has 0 saturated carbocycles. The average molecular weight is 495 g/mol. The maximum atomic E-state index is 13.8. The molecule has 3 aliphatic heterocycles. The van der Waals surface area contributed by atoms with Crippen LogP contribution >= 0.6 is 11.6 Å². The van der Waals surface area contributed by atoms with Gasteiger partial charge in [-0.1, -0.05) is 23.7 Å². The number of aromatic nitrogens is 1. The van der Waals surface area contributed by atoms with Crippen LogP contribution in [0.3, 0.4) is 0 Å². The summed E-state index contributed by atoms with van der Waals surface area (Å²) in [6, 6.07) is 8.83. The molecule has 0 N–H and O–H groups in total. The Morgan fingerprint density at radius 3 is 2.71 bits per heavy atom. The molecular weight excluding hydrogens is 467 g/mol. The number of hydrogen-bond acceptors (Lipinski definition) is 6. The molecule has 182 valence electrons. The molecule has 3 aliphatic rings. The Balaban J connectivity index is 1.44. The normalized spacial score (nSPS) is 21.0. The molecule has 0 radical (unpaired) electrons. The molecule has 1 amide bonds. The van der Waals surface area contributed by atoms with Crippen molar-refractivity contribution in [3.05, 3.63) is 70.4 Å². The van der Waals surface area contributed by atoms with Crippen LogP contribution in [0.1, 0.15) is 37.3 Å². The fraction of sp³-hybridized carbons (Fsp3) is 0.385. The van der Waals surface area contributed by atoms with Crippen LogP contribution in [0, 0.1) is 12.7 Å². The van der Waals surface area contributed by atoms with Crippen LogP contribution in [-0.2, 0) is 4.79 Å². The second kappa shape index (κ2) is 9.77. The first-order valence-electron chi connectivity index (χ1n) is 12.0. The average Bonchev–Trinajstić information content (AvgIpc) is 3.15. The van der Waals surface area contributed by atoms with E-state index in [-0.39, 0.29) is 17.5 Å². The summed E-state index contributed by atoms with van der Waals surface area (Å²) < 4.78 is 13.8. The number of nitrogens with zero attached hydrogens (tertiary/aromatic N) is 6. The second-order valence-electron chi connectivity index (χ2n) is 9.16. The summed E-state index contributed by atoms with van der Waals surface area (Å²) in [5, 5.41) is 0.0581. The van der Waals surface area contributed by atoms with E-state index in [0.717, 1.165) is 42.0 Å². The molecule has 1 unspecified atom stereocenters. The Morgan fingerprint density at radius 2 is 2.00 bits per heavy atom. The maximum Gasteiger partial charge on any atom is 0.247 e. The summed E-state index contributed by atoms with van der Waals surface area (Å²) in [6.07, 6.45) is 6.27. The Bertz CT molecular complexity index is 1240. The number of allylic oxidation sites excluding steroid dienone is 1. The third-order valence-corrected chi connectivity index (χ3v) is 7.06. The Hall–Kier alpha value is -3.26. The highest BCUT2D eigenvalue weighted by Crippen LogP contribution is 2.26. The molecule has 2 fully saturated rings. The third-order valence-electron chi connectivity index (χ3n) is 6.77. The number of halogens is 2. The number of benzene rings is 1. The predicted octanol–water partition coefficient (Wildman–Crippen LogP) is 4.41. The van der Waals surface area contributed by atoms with Crippen molar-refractivity contribution in [2.75, 3.05) is 31.1 Å². The zero-order chi connectivity index (χ0) is 24.5. The minimum absolute atomic E-state index is 0.0293. The Labute approximate surface area is 209 Å². The van der Waals surface area contributed by atoms with E-state index in [1.807, 2.05) is 30.0 Å². The number of rotatable bonds is 3. The number of carbonyl (C=O) groups is 1. The minimum atomic E-state index is -0.463. The lowest BCUT2D eigenvalue weighted by molar-refractivity contribution is -0.129. The number of piperazine rings is 1. The quantitative estimate of drug-likeness (QED) is 0.634. The summed E-state index contributed by atoms with van der Waals surface area (Å²) in [4.78, 5) is 33.5. The monoisotopic (exact) mass is 494 g/mol. The van der Waals surface area contributed by atoms with E-state index in [4.69, 9.17) is 21.6 Å². The van der Waals surface area contributed by atoms with Gasteiger partial charge in [-0.15, -0.1) is 0 Å². The van der Waals surface area contributed by atoms with Crippen molar-refractivity contribution in [1.29, 1.82) is 0 Å². The molecule has 1 atom stereocenters. The lowest BCUT2D eigenvalue weighted by Crippen LogP contribution is -2.50. The van der Waals surface area contributed by atoms with E-state index in [9.17, 15) is 9.18 Å². The highest BCUT2D eigenvalue weighted by molar-refractivity contribution is 6.31. The minimum Gasteiger partial charge on any atom is -0.345 e. The smallest absolute Gasteiger partial charge is 0.247 e. The first kappa shape index (κ1) is 23.5. The van der Waals surface area contributed by atoms with Crippen LogP contribution in [0.25, 0.3) is 0 Å². The molecule has 7 nitrogen and oxygen atoms in total. The number of likely N-dealkylation sites (tertiary alicyclic amines) is 1. The van der Waals surface area contributed by atoms with Crippen LogP contribution in [-0.4, -0.2) is 64.6 Å². The molecule has 0 aliphatic carbocycles. The lowest BCUT2D eigenvalue weighted by Gasteiger charge is -2.35. The zero-order valence-electron chi connectivity index (χ0n) is 19.9. The summed E-state index contributed by atoms with van der Waals surface area (Å²) in [6.45, 7) is 6.42. The first-order chi connectivity index (χ1) is 16.9. The van der Waals surface area contributed by atoms with E-state index in [0.29, 0.717) is 37.3 Å². The topological polar surface area (TPSA) is 64.4 Å². The van der Waals surface area contributed by atoms with Gasteiger partial charge in [-0.3, -0.25) is 9.69 Å². The predicted molar refractivity (Wildman–Crippen MR) is 136 cm³/mol. The number of aryl methyl sites for hydroxylation is 1. The van der Waals surface area contributed by atoms with Crippen molar-refractivity contribution in [2.45, 2.75) is 39.2 Å². The van der Waals surface area contributed by atoms with Gasteiger partial charge in [0.15, 0.2) is 0 Å². The SMILES string of the molecule is Cc1cccnc1N1CCN(C2=CCC(c3ccc(F)c(Cl)c3)=NC(N3CCCC3C)=N2)C(=O)C1. The molecule has 35 heavy (non-hydrogen) atoms. The maximum absolute atomic E-state index is 13.8. The summed E-state index contributed by atoms with van der Waals surface area (Å²) >= 11 is 6.06. The van der Waals surface area contributed by atoms with Gasteiger partial charge in [0, 0.05) is 38.3 Å². The van der Waals surface area contributed by atoms with Gasteiger partial charge in [0.1, 0.15) is 17.5 Å². The van der Waals surface area contributed by atoms with Gasteiger partial charge >= 0.3 is 0 Å². The van der Waals surface area contributed by atoms with Crippen LogP contribution in [0.15, 0.2) is 58.4 Å². The molecule has 0 bridgehead atoms. The van der Waals surface area contributed by atoms with Crippen molar-refractivity contribution in [1.82, 2.24) is 14.8 Å². The summed E-state index contributed by atoms with van der Waals surface area (Å²) in [7, 11) is 0. The van der Waals surface area contributed by atoms with Crippen LogP contribution in [0.5, 0.6) is 0 Å². The van der Waals surface area contributed by atoms with Gasteiger partial charge in [-0.05, 0) is 62.1 Å². The third kappa shape index (κ3) is 4.80. The standard InChI is InChI=1S/C26H28ClFN6O/c1-17-5-3-11-29-25(17)32-13-14-34(24(35)16-32)23-10-9-22(19-7-8-21(28)20(27)15-19)30-26(31-23)33-12-4-6-18(33)2/h3,5,7-8,10-11,15,18H,4,6,9,12-14,16H2,1-2H3. The second-order valence-corrected chi connectivity index (χ2v) is 9.57.